The topological polar surface area (TPSA) is 20.3 Å². The van der Waals surface area contributed by atoms with E-state index in [-0.39, 0.29) is 11.3 Å². The molecule has 2 rings (SSSR count). The molecule has 0 saturated heterocycles. The maximum Gasteiger partial charge on any atom is 0.254 e. The van der Waals surface area contributed by atoms with E-state index in [0.717, 1.165) is 17.7 Å². The van der Waals surface area contributed by atoms with Crippen LogP contribution in [0.3, 0.4) is 0 Å². The Hall–Kier alpha value is -1.22. The number of benzene rings is 1. The molecule has 1 amide bonds. The first-order chi connectivity index (χ1) is 8.59. The monoisotopic (exact) mass is 261 g/mol. The van der Waals surface area contributed by atoms with E-state index >= 15 is 0 Å². The van der Waals surface area contributed by atoms with Gasteiger partial charge in [-0.3, -0.25) is 4.79 Å². The first-order valence-electron chi connectivity index (χ1n) is 6.18. The molecule has 18 heavy (non-hydrogen) atoms. The third-order valence-electron chi connectivity index (χ3n) is 3.47. The van der Waals surface area contributed by atoms with Gasteiger partial charge in [0.2, 0.25) is 0 Å². The second kappa shape index (κ2) is 5.61. The molecule has 0 bridgehead atoms. The number of hydrogen-bond acceptors (Lipinski definition) is 2. The van der Waals surface area contributed by atoms with Gasteiger partial charge in [0.05, 0.1) is 5.37 Å². The molecular formula is C15H19NOS. The largest absolute Gasteiger partial charge is 0.329 e. The van der Waals surface area contributed by atoms with Gasteiger partial charge >= 0.3 is 0 Å². The van der Waals surface area contributed by atoms with Gasteiger partial charge in [-0.05, 0) is 32.4 Å². The second-order valence-corrected chi connectivity index (χ2v) is 5.98. The summed E-state index contributed by atoms with van der Waals surface area (Å²) in [6.07, 6.45) is 0.978. The van der Waals surface area contributed by atoms with Gasteiger partial charge in [-0.2, -0.15) is 0 Å². The lowest BCUT2D eigenvalue weighted by Crippen LogP contribution is -2.36. The number of amides is 1. The number of nitrogens with zero attached hydrogens (tertiary/aromatic N) is 1. The standard InChI is InChI=1S/C15H19NOS/c1-11-9-14(18-10-12(11)2)16(3)15(17)13-7-5-4-6-8-13/h4-8,14H,9-10H2,1-3H3. The lowest BCUT2D eigenvalue weighted by Gasteiger charge is -2.32. The summed E-state index contributed by atoms with van der Waals surface area (Å²) < 4.78 is 0. The zero-order valence-corrected chi connectivity index (χ0v) is 12.0. The Bertz CT molecular complexity index is 467. The van der Waals surface area contributed by atoms with E-state index in [4.69, 9.17) is 0 Å². The molecule has 96 valence electrons. The molecule has 0 fully saturated rings. The minimum absolute atomic E-state index is 0.112. The highest BCUT2D eigenvalue weighted by Gasteiger charge is 2.24. The minimum Gasteiger partial charge on any atom is -0.329 e. The predicted octanol–water partition coefficient (Wildman–Crippen LogP) is 3.56. The van der Waals surface area contributed by atoms with Gasteiger partial charge in [-0.15, -0.1) is 11.8 Å². The quantitative estimate of drug-likeness (QED) is 0.759. The van der Waals surface area contributed by atoms with Crippen molar-refractivity contribution in [1.29, 1.82) is 0 Å². The molecule has 0 radical (unpaired) electrons. The van der Waals surface area contributed by atoms with Gasteiger partial charge in [0.1, 0.15) is 0 Å². The Kier molecular flexibility index (Phi) is 4.12. The summed E-state index contributed by atoms with van der Waals surface area (Å²) in [6, 6.07) is 9.50. The normalized spacial score (nSPS) is 19.8. The molecular weight excluding hydrogens is 242 g/mol. The summed E-state index contributed by atoms with van der Waals surface area (Å²) in [6.45, 7) is 4.35. The highest BCUT2D eigenvalue weighted by molar-refractivity contribution is 8.00. The van der Waals surface area contributed by atoms with Crippen molar-refractivity contribution in [3.63, 3.8) is 0 Å². The van der Waals surface area contributed by atoms with Crippen LogP contribution in [-0.2, 0) is 0 Å². The molecule has 1 aromatic rings. The molecule has 1 unspecified atom stereocenters. The number of carbonyl (C=O) groups is 1. The molecule has 1 heterocycles. The summed E-state index contributed by atoms with van der Waals surface area (Å²) in [5.74, 6) is 1.14. The Morgan fingerprint density at radius 1 is 1.22 bits per heavy atom. The van der Waals surface area contributed by atoms with Gasteiger partial charge < -0.3 is 4.90 Å². The van der Waals surface area contributed by atoms with Crippen molar-refractivity contribution in [3.8, 4) is 0 Å². The highest BCUT2D eigenvalue weighted by atomic mass is 32.2. The lowest BCUT2D eigenvalue weighted by molar-refractivity contribution is 0.0780. The van der Waals surface area contributed by atoms with Crippen molar-refractivity contribution in [2.24, 2.45) is 0 Å². The zero-order chi connectivity index (χ0) is 13.1. The molecule has 0 saturated carbocycles. The van der Waals surface area contributed by atoms with Crippen molar-refractivity contribution in [3.05, 3.63) is 47.0 Å². The van der Waals surface area contributed by atoms with Crippen molar-refractivity contribution in [1.82, 2.24) is 4.90 Å². The van der Waals surface area contributed by atoms with E-state index < -0.39 is 0 Å². The molecule has 3 heteroatoms. The smallest absolute Gasteiger partial charge is 0.254 e. The van der Waals surface area contributed by atoms with Crippen LogP contribution >= 0.6 is 11.8 Å². The fraction of sp³-hybridized carbons (Fsp3) is 0.400. The molecule has 1 aliphatic rings. The van der Waals surface area contributed by atoms with Crippen LogP contribution in [0.15, 0.2) is 41.5 Å². The number of rotatable bonds is 2. The second-order valence-electron chi connectivity index (χ2n) is 4.81. The Balaban J connectivity index is 2.09. The van der Waals surface area contributed by atoms with E-state index in [2.05, 4.69) is 13.8 Å². The minimum atomic E-state index is 0.112. The average Bonchev–Trinajstić information content (AvgIpc) is 2.41. The Labute approximate surface area is 113 Å². The van der Waals surface area contributed by atoms with Crippen LogP contribution in [0.5, 0.6) is 0 Å². The van der Waals surface area contributed by atoms with Crippen LogP contribution in [0, 0.1) is 0 Å². The third-order valence-corrected chi connectivity index (χ3v) is 4.94. The number of hydrogen-bond donors (Lipinski definition) is 0. The summed E-state index contributed by atoms with van der Waals surface area (Å²) in [4.78, 5) is 14.2. The van der Waals surface area contributed by atoms with E-state index in [0.29, 0.717) is 0 Å². The first-order valence-corrected chi connectivity index (χ1v) is 7.23. The first kappa shape index (κ1) is 13.2. The summed E-state index contributed by atoms with van der Waals surface area (Å²) in [7, 11) is 1.90. The molecule has 0 aromatic heterocycles. The van der Waals surface area contributed by atoms with Crippen LogP contribution in [0.2, 0.25) is 0 Å². The van der Waals surface area contributed by atoms with Gasteiger partial charge in [0.15, 0.2) is 0 Å². The van der Waals surface area contributed by atoms with Crippen molar-refractivity contribution in [2.75, 3.05) is 12.8 Å². The Morgan fingerprint density at radius 3 is 2.50 bits per heavy atom. The van der Waals surface area contributed by atoms with Gasteiger partial charge in [-0.1, -0.05) is 29.3 Å². The van der Waals surface area contributed by atoms with Crippen LogP contribution in [-0.4, -0.2) is 29.0 Å². The summed E-state index contributed by atoms with van der Waals surface area (Å²) in [5.41, 5.74) is 3.65. The van der Waals surface area contributed by atoms with E-state index in [1.54, 1.807) is 0 Å². The van der Waals surface area contributed by atoms with Gasteiger partial charge in [0.25, 0.3) is 5.91 Å². The summed E-state index contributed by atoms with van der Waals surface area (Å²) in [5, 5.41) is 0.265. The van der Waals surface area contributed by atoms with Crippen molar-refractivity contribution < 1.29 is 4.79 Å². The molecule has 1 aliphatic heterocycles. The van der Waals surface area contributed by atoms with E-state index in [1.165, 1.54) is 11.1 Å². The van der Waals surface area contributed by atoms with Crippen LogP contribution < -0.4 is 0 Å². The third kappa shape index (κ3) is 2.78. The maximum absolute atomic E-state index is 12.3. The van der Waals surface area contributed by atoms with Crippen molar-refractivity contribution >= 4 is 17.7 Å². The van der Waals surface area contributed by atoms with E-state index in [1.807, 2.05) is 54.0 Å². The Morgan fingerprint density at radius 2 is 1.89 bits per heavy atom. The van der Waals surface area contributed by atoms with Crippen LogP contribution in [0.4, 0.5) is 0 Å². The SMILES string of the molecule is CC1=C(C)CC(N(C)C(=O)c2ccccc2)SC1. The fourth-order valence-corrected chi connectivity index (χ4v) is 3.38. The van der Waals surface area contributed by atoms with Crippen molar-refractivity contribution in [2.45, 2.75) is 25.6 Å². The molecule has 0 spiro atoms. The molecule has 0 aliphatic carbocycles. The maximum atomic E-state index is 12.3. The molecule has 0 N–H and O–H groups in total. The molecule has 2 nitrogen and oxygen atoms in total. The number of thioether (sulfide) groups is 1. The zero-order valence-electron chi connectivity index (χ0n) is 11.1. The van der Waals surface area contributed by atoms with Crippen LogP contribution in [0.1, 0.15) is 30.6 Å². The summed E-state index contributed by atoms with van der Waals surface area (Å²) >= 11 is 1.85. The molecule has 1 aromatic carbocycles. The number of carbonyl (C=O) groups excluding carboxylic acids is 1. The lowest BCUT2D eigenvalue weighted by atomic mass is 10.1. The van der Waals surface area contributed by atoms with Crippen LogP contribution in [0.25, 0.3) is 0 Å². The highest BCUT2D eigenvalue weighted by Crippen LogP contribution is 2.31. The molecule has 1 atom stereocenters. The fourth-order valence-electron chi connectivity index (χ4n) is 2.00. The van der Waals surface area contributed by atoms with Gasteiger partial charge in [-0.25, -0.2) is 0 Å². The van der Waals surface area contributed by atoms with E-state index in [9.17, 15) is 4.79 Å². The van der Waals surface area contributed by atoms with Gasteiger partial charge in [0, 0.05) is 18.4 Å². The predicted molar refractivity (Wildman–Crippen MR) is 77.8 cm³/mol. The average molecular weight is 261 g/mol.